The van der Waals surface area contributed by atoms with Crippen LogP contribution in [0, 0.1) is 0 Å². The summed E-state index contributed by atoms with van der Waals surface area (Å²) in [7, 11) is 1.50. The highest BCUT2D eigenvalue weighted by Gasteiger charge is 2.30. The van der Waals surface area contributed by atoms with E-state index in [1.165, 1.54) is 30.6 Å². The average molecular weight is 406 g/mol. The summed E-state index contributed by atoms with van der Waals surface area (Å²) >= 11 is 1.35. The molecule has 28 heavy (non-hydrogen) atoms. The number of alkyl halides is 3. The Kier molecular flexibility index (Phi) is 5.99. The van der Waals surface area contributed by atoms with E-state index in [1.54, 1.807) is 24.3 Å². The first-order valence-electron chi connectivity index (χ1n) is 8.41. The lowest BCUT2D eigenvalue weighted by molar-refractivity contribution is -0.137. The van der Waals surface area contributed by atoms with Crippen molar-refractivity contribution in [3.8, 4) is 16.3 Å². The van der Waals surface area contributed by atoms with Crippen LogP contribution < -0.4 is 10.1 Å². The molecule has 1 heterocycles. The van der Waals surface area contributed by atoms with Crippen LogP contribution in [0.1, 0.15) is 21.6 Å². The fourth-order valence-electron chi connectivity index (χ4n) is 2.59. The fraction of sp³-hybridized carbons (Fsp3) is 0.200. The van der Waals surface area contributed by atoms with Crippen molar-refractivity contribution in [1.29, 1.82) is 0 Å². The van der Waals surface area contributed by atoms with Gasteiger partial charge in [-0.1, -0.05) is 24.3 Å². The summed E-state index contributed by atoms with van der Waals surface area (Å²) in [6, 6.07) is 11.9. The molecule has 0 atom stereocenters. The number of halogens is 3. The number of nitrogens with zero attached hydrogens (tertiary/aromatic N) is 1. The number of rotatable bonds is 6. The van der Waals surface area contributed by atoms with Crippen molar-refractivity contribution in [2.45, 2.75) is 12.6 Å². The average Bonchev–Trinajstić information content (AvgIpc) is 3.16. The minimum absolute atomic E-state index is 0.240. The molecule has 1 N–H and O–H groups in total. The third-order valence-electron chi connectivity index (χ3n) is 4.03. The van der Waals surface area contributed by atoms with Gasteiger partial charge in [0, 0.05) is 23.9 Å². The van der Waals surface area contributed by atoms with E-state index in [0.29, 0.717) is 34.8 Å². The Balaban J connectivity index is 1.58. The summed E-state index contributed by atoms with van der Waals surface area (Å²) in [4.78, 5) is 16.7. The molecule has 2 aromatic carbocycles. The monoisotopic (exact) mass is 406 g/mol. The van der Waals surface area contributed by atoms with Crippen molar-refractivity contribution in [1.82, 2.24) is 10.3 Å². The van der Waals surface area contributed by atoms with E-state index in [4.69, 9.17) is 4.74 Å². The van der Waals surface area contributed by atoms with Gasteiger partial charge in [0.15, 0.2) is 0 Å². The summed E-state index contributed by atoms with van der Waals surface area (Å²) in [5.41, 5.74) is 1.16. The highest BCUT2D eigenvalue weighted by molar-refractivity contribution is 7.13. The van der Waals surface area contributed by atoms with E-state index < -0.39 is 11.7 Å². The smallest absolute Gasteiger partial charge is 0.416 e. The number of para-hydroxylation sites is 1. The van der Waals surface area contributed by atoms with Crippen LogP contribution in [0.4, 0.5) is 13.2 Å². The summed E-state index contributed by atoms with van der Waals surface area (Å²) in [5, 5.41) is 5.29. The molecular formula is C20H17F3N2O2S. The highest BCUT2D eigenvalue weighted by atomic mass is 32.1. The number of amides is 1. The molecule has 0 unspecified atom stereocenters. The molecule has 0 saturated heterocycles. The van der Waals surface area contributed by atoms with Gasteiger partial charge in [0.1, 0.15) is 10.8 Å². The number of ether oxygens (including phenoxy) is 1. The quantitative estimate of drug-likeness (QED) is 0.639. The topological polar surface area (TPSA) is 51.2 Å². The summed E-state index contributed by atoms with van der Waals surface area (Å²) in [6.07, 6.45) is -3.84. The molecule has 3 aromatic rings. The lowest BCUT2D eigenvalue weighted by Gasteiger charge is -2.08. The van der Waals surface area contributed by atoms with Crippen LogP contribution in [0.2, 0.25) is 0 Å². The third kappa shape index (κ3) is 4.69. The Labute approximate surface area is 164 Å². The maximum absolute atomic E-state index is 12.6. The Morgan fingerprint density at radius 3 is 2.54 bits per heavy atom. The van der Waals surface area contributed by atoms with Crippen molar-refractivity contribution in [3.63, 3.8) is 0 Å². The molecule has 0 fully saturated rings. The lowest BCUT2D eigenvalue weighted by Crippen LogP contribution is -2.26. The highest BCUT2D eigenvalue weighted by Crippen LogP contribution is 2.31. The second kappa shape index (κ2) is 8.43. The predicted molar refractivity (Wildman–Crippen MR) is 102 cm³/mol. The Morgan fingerprint density at radius 2 is 1.86 bits per heavy atom. The minimum Gasteiger partial charge on any atom is -0.496 e. The molecule has 1 amide bonds. The number of aromatic nitrogens is 1. The van der Waals surface area contributed by atoms with Gasteiger partial charge in [-0.15, -0.1) is 11.3 Å². The maximum atomic E-state index is 12.6. The Hall–Kier alpha value is -2.87. The number of hydrogen-bond donors (Lipinski definition) is 1. The number of hydrogen-bond acceptors (Lipinski definition) is 4. The van der Waals surface area contributed by atoms with E-state index in [-0.39, 0.29) is 5.91 Å². The largest absolute Gasteiger partial charge is 0.496 e. The van der Waals surface area contributed by atoms with E-state index in [1.807, 2.05) is 5.38 Å². The fourth-order valence-corrected chi connectivity index (χ4v) is 3.45. The maximum Gasteiger partial charge on any atom is 0.416 e. The standard InChI is InChI=1S/C20H17F3N2O2S/c1-27-17-5-3-2-4-16(17)18(26)24-11-10-15-12-28-19(25-15)13-6-8-14(9-7-13)20(21,22)23/h2-9,12H,10-11H2,1H3,(H,24,26). The van der Waals surface area contributed by atoms with Gasteiger partial charge in [-0.2, -0.15) is 13.2 Å². The molecule has 0 aliphatic heterocycles. The Morgan fingerprint density at radius 1 is 1.14 bits per heavy atom. The molecule has 146 valence electrons. The first kappa shape index (κ1) is 19.9. The first-order chi connectivity index (χ1) is 13.4. The number of carbonyl (C=O) groups excluding carboxylic acids is 1. The number of benzene rings is 2. The Bertz CT molecular complexity index is 953. The van der Waals surface area contributed by atoms with Gasteiger partial charge in [-0.3, -0.25) is 4.79 Å². The lowest BCUT2D eigenvalue weighted by atomic mass is 10.1. The summed E-state index contributed by atoms with van der Waals surface area (Å²) in [6.45, 7) is 0.382. The number of thiazole rings is 1. The molecule has 0 aliphatic rings. The van der Waals surface area contributed by atoms with Gasteiger partial charge in [-0.25, -0.2) is 4.98 Å². The molecule has 0 aliphatic carbocycles. The van der Waals surface area contributed by atoms with Crippen molar-refractivity contribution < 1.29 is 22.7 Å². The molecule has 8 heteroatoms. The zero-order valence-electron chi connectivity index (χ0n) is 14.9. The van der Waals surface area contributed by atoms with Gasteiger partial charge in [0.25, 0.3) is 5.91 Å². The van der Waals surface area contributed by atoms with Crippen LogP contribution >= 0.6 is 11.3 Å². The molecule has 3 rings (SSSR count). The van der Waals surface area contributed by atoms with E-state index in [9.17, 15) is 18.0 Å². The van der Waals surface area contributed by atoms with Gasteiger partial charge in [-0.05, 0) is 24.3 Å². The van der Waals surface area contributed by atoms with Gasteiger partial charge in [0.05, 0.1) is 23.9 Å². The minimum atomic E-state index is -4.35. The van der Waals surface area contributed by atoms with Crippen LogP contribution in [0.5, 0.6) is 5.75 Å². The molecule has 0 bridgehead atoms. The third-order valence-corrected chi connectivity index (χ3v) is 4.97. The van der Waals surface area contributed by atoms with Crippen LogP contribution in [0.15, 0.2) is 53.9 Å². The van der Waals surface area contributed by atoms with Crippen molar-refractivity contribution in [2.24, 2.45) is 0 Å². The zero-order chi connectivity index (χ0) is 20.1. The molecule has 4 nitrogen and oxygen atoms in total. The number of nitrogens with one attached hydrogen (secondary N) is 1. The molecule has 1 aromatic heterocycles. The normalized spacial score (nSPS) is 11.3. The second-order valence-corrected chi connectivity index (χ2v) is 6.78. The molecular weight excluding hydrogens is 389 g/mol. The molecule has 0 radical (unpaired) electrons. The SMILES string of the molecule is COc1ccccc1C(=O)NCCc1csc(-c2ccc(C(F)(F)F)cc2)n1. The van der Waals surface area contributed by atoms with Crippen LogP contribution in [-0.4, -0.2) is 24.5 Å². The van der Waals surface area contributed by atoms with Crippen LogP contribution in [-0.2, 0) is 12.6 Å². The van der Waals surface area contributed by atoms with Crippen LogP contribution in [0.3, 0.4) is 0 Å². The first-order valence-corrected chi connectivity index (χ1v) is 9.29. The van der Waals surface area contributed by atoms with Crippen molar-refractivity contribution >= 4 is 17.2 Å². The zero-order valence-corrected chi connectivity index (χ0v) is 15.7. The van der Waals surface area contributed by atoms with E-state index in [2.05, 4.69) is 10.3 Å². The van der Waals surface area contributed by atoms with Gasteiger partial charge in [0.2, 0.25) is 0 Å². The summed E-state index contributed by atoms with van der Waals surface area (Å²) < 4.78 is 43.1. The van der Waals surface area contributed by atoms with Crippen LogP contribution in [0.25, 0.3) is 10.6 Å². The number of methoxy groups -OCH3 is 1. The van der Waals surface area contributed by atoms with E-state index >= 15 is 0 Å². The molecule has 0 spiro atoms. The van der Waals surface area contributed by atoms with Crippen molar-refractivity contribution in [2.75, 3.05) is 13.7 Å². The van der Waals surface area contributed by atoms with Gasteiger partial charge >= 0.3 is 6.18 Å². The summed E-state index contributed by atoms with van der Waals surface area (Å²) in [5.74, 6) is 0.258. The van der Waals surface area contributed by atoms with Crippen molar-refractivity contribution in [3.05, 3.63) is 70.7 Å². The second-order valence-electron chi connectivity index (χ2n) is 5.93. The molecule has 0 saturated carbocycles. The van der Waals surface area contributed by atoms with Gasteiger partial charge < -0.3 is 10.1 Å². The number of carbonyl (C=O) groups is 1. The predicted octanol–water partition coefficient (Wildman–Crippen LogP) is 4.81. The van der Waals surface area contributed by atoms with E-state index in [0.717, 1.165) is 17.8 Å².